The quantitative estimate of drug-likeness (QED) is 0.296. The molecule has 0 rings (SSSR count). The number of hydrogen-bond acceptors (Lipinski definition) is 5. The monoisotopic (exact) mass is 358 g/mol. The van der Waals surface area contributed by atoms with Gasteiger partial charge in [0.15, 0.2) is 5.78 Å². The molecular formula is C17H30N2O6. The first-order valence-corrected chi connectivity index (χ1v) is 8.47. The van der Waals surface area contributed by atoms with E-state index in [1.165, 1.54) is 13.8 Å². The van der Waals surface area contributed by atoms with E-state index >= 15 is 0 Å². The zero-order valence-electron chi connectivity index (χ0n) is 15.4. The molecule has 0 aliphatic carbocycles. The number of carboxylic acids is 1. The maximum Gasteiger partial charge on any atom is 0.316 e. The minimum absolute atomic E-state index is 0.251. The van der Waals surface area contributed by atoms with Crippen LogP contribution in [0.5, 0.6) is 0 Å². The van der Waals surface area contributed by atoms with Crippen LogP contribution in [0.3, 0.4) is 0 Å². The summed E-state index contributed by atoms with van der Waals surface area (Å²) in [6.07, 6.45) is 2.86. The summed E-state index contributed by atoms with van der Waals surface area (Å²) in [5, 5.41) is 22.9. The molecule has 8 heteroatoms. The van der Waals surface area contributed by atoms with E-state index in [9.17, 15) is 24.3 Å². The van der Waals surface area contributed by atoms with Crippen molar-refractivity contribution in [2.45, 2.75) is 59.4 Å². The van der Waals surface area contributed by atoms with Crippen molar-refractivity contribution < 1.29 is 29.4 Å². The largest absolute Gasteiger partial charge is 0.481 e. The van der Waals surface area contributed by atoms with Gasteiger partial charge in [-0.05, 0) is 26.2 Å². The van der Waals surface area contributed by atoms with Gasteiger partial charge in [-0.15, -0.1) is 0 Å². The highest BCUT2D eigenvalue weighted by Crippen LogP contribution is 2.16. The first-order valence-electron chi connectivity index (χ1n) is 8.47. The minimum atomic E-state index is -1.62. The summed E-state index contributed by atoms with van der Waals surface area (Å²) in [5.41, 5.74) is -1.62. The number of aliphatic carboxylic acids is 1. The third-order valence-electron chi connectivity index (χ3n) is 3.92. The average molecular weight is 358 g/mol. The van der Waals surface area contributed by atoms with Crippen LogP contribution in [0, 0.1) is 11.3 Å². The second-order valence-corrected chi connectivity index (χ2v) is 7.01. The van der Waals surface area contributed by atoms with Gasteiger partial charge in [-0.3, -0.25) is 19.2 Å². The lowest BCUT2D eigenvalue weighted by Crippen LogP contribution is -2.51. The van der Waals surface area contributed by atoms with Gasteiger partial charge in [-0.1, -0.05) is 26.7 Å². The number of aliphatic hydroxyl groups is 1. The van der Waals surface area contributed by atoms with Gasteiger partial charge in [0, 0.05) is 6.42 Å². The Hall–Kier alpha value is -1.96. The molecule has 25 heavy (non-hydrogen) atoms. The van der Waals surface area contributed by atoms with Crippen LogP contribution in [0.15, 0.2) is 0 Å². The van der Waals surface area contributed by atoms with Crippen molar-refractivity contribution in [1.29, 1.82) is 0 Å². The molecule has 0 aliphatic heterocycles. The highest BCUT2D eigenvalue weighted by Gasteiger charge is 2.35. The van der Waals surface area contributed by atoms with Gasteiger partial charge in [0.25, 0.3) is 0 Å². The molecule has 0 bridgehead atoms. The number of amides is 2. The maximum atomic E-state index is 11.9. The number of carbonyl (C=O) groups is 4. The van der Waals surface area contributed by atoms with Crippen LogP contribution in [0.25, 0.3) is 0 Å². The molecule has 0 aromatic heterocycles. The fourth-order valence-corrected chi connectivity index (χ4v) is 1.93. The lowest BCUT2D eigenvalue weighted by Gasteiger charge is -2.20. The number of nitrogens with one attached hydrogen (secondary N) is 2. The van der Waals surface area contributed by atoms with E-state index in [-0.39, 0.29) is 12.3 Å². The molecule has 2 amide bonds. The van der Waals surface area contributed by atoms with Crippen molar-refractivity contribution in [2.24, 2.45) is 11.3 Å². The molecule has 1 atom stereocenters. The second kappa shape index (κ2) is 10.8. The van der Waals surface area contributed by atoms with Gasteiger partial charge in [0.05, 0.1) is 13.2 Å². The van der Waals surface area contributed by atoms with Gasteiger partial charge in [0.1, 0.15) is 11.5 Å². The van der Waals surface area contributed by atoms with Crippen LogP contribution in [-0.2, 0) is 19.2 Å². The van der Waals surface area contributed by atoms with Gasteiger partial charge in [-0.25, -0.2) is 0 Å². The molecule has 0 saturated carbocycles. The van der Waals surface area contributed by atoms with Gasteiger partial charge >= 0.3 is 5.97 Å². The summed E-state index contributed by atoms with van der Waals surface area (Å²) >= 11 is 0. The van der Waals surface area contributed by atoms with E-state index in [0.717, 1.165) is 12.8 Å². The van der Waals surface area contributed by atoms with E-state index in [1.807, 2.05) is 0 Å². The Kier molecular flexibility index (Phi) is 9.96. The van der Waals surface area contributed by atoms with Gasteiger partial charge < -0.3 is 20.8 Å². The van der Waals surface area contributed by atoms with E-state index < -0.39 is 42.3 Å². The molecule has 0 aromatic carbocycles. The third-order valence-corrected chi connectivity index (χ3v) is 3.92. The number of rotatable bonds is 12. The predicted molar refractivity (Wildman–Crippen MR) is 91.8 cm³/mol. The van der Waals surface area contributed by atoms with Crippen molar-refractivity contribution in [3.8, 4) is 0 Å². The SMILES string of the molecule is CC(C)CCCCC(=O)NC(CO)C(=O)NCC(=O)C(C)(C)C(=O)O. The summed E-state index contributed by atoms with van der Waals surface area (Å²) in [7, 11) is 0. The number of Topliss-reactive ketones (excluding diaryl/α,β-unsaturated/α-hetero) is 1. The lowest BCUT2D eigenvalue weighted by molar-refractivity contribution is -0.152. The molecule has 0 radical (unpaired) electrons. The first-order chi connectivity index (χ1) is 11.5. The zero-order valence-corrected chi connectivity index (χ0v) is 15.4. The molecule has 0 aromatic rings. The first kappa shape index (κ1) is 23.0. The summed E-state index contributed by atoms with van der Waals surface area (Å²) in [6, 6.07) is -1.17. The van der Waals surface area contributed by atoms with Crippen molar-refractivity contribution >= 4 is 23.6 Å². The second-order valence-electron chi connectivity index (χ2n) is 7.01. The summed E-state index contributed by atoms with van der Waals surface area (Å²) in [5.74, 6) is -2.49. The molecule has 0 saturated heterocycles. The number of aliphatic hydroxyl groups excluding tert-OH is 1. The van der Waals surface area contributed by atoms with Crippen molar-refractivity contribution in [3.63, 3.8) is 0 Å². The molecule has 144 valence electrons. The molecule has 0 fully saturated rings. The number of carboxylic acid groups (broad SMARTS) is 1. The van der Waals surface area contributed by atoms with Crippen LogP contribution >= 0.6 is 0 Å². The number of unbranched alkanes of at least 4 members (excludes halogenated alkanes) is 1. The zero-order chi connectivity index (χ0) is 19.6. The topological polar surface area (TPSA) is 133 Å². The Bertz CT molecular complexity index is 488. The number of carbonyl (C=O) groups excluding carboxylic acids is 3. The van der Waals surface area contributed by atoms with E-state index in [4.69, 9.17) is 5.11 Å². The van der Waals surface area contributed by atoms with E-state index in [0.29, 0.717) is 12.3 Å². The lowest BCUT2D eigenvalue weighted by atomic mass is 9.88. The molecule has 1 unspecified atom stereocenters. The Morgan fingerprint density at radius 3 is 2.16 bits per heavy atom. The molecular weight excluding hydrogens is 328 g/mol. The Morgan fingerprint density at radius 1 is 1.08 bits per heavy atom. The maximum absolute atomic E-state index is 11.9. The van der Waals surface area contributed by atoms with Crippen LogP contribution in [0.2, 0.25) is 0 Å². The molecule has 4 N–H and O–H groups in total. The third kappa shape index (κ3) is 8.62. The molecule has 0 spiro atoms. The number of ketones is 1. The summed E-state index contributed by atoms with van der Waals surface area (Å²) < 4.78 is 0. The van der Waals surface area contributed by atoms with Gasteiger partial charge in [0.2, 0.25) is 11.8 Å². The Labute approximate surface area is 148 Å². The fourth-order valence-electron chi connectivity index (χ4n) is 1.93. The van der Waals surface area contributed by atoms with Crippen LogP contribution in [-0.4, -0.2) is 53.0 Å². The van der Waals surface area contributed by atoms with Crippen LogP contribution in [0.4, 0.5) is 0 Å². The molecule has 8 nitrogen and oxygen atoms in total. The summed E-state index contributed by atoms with van der Waals surface area (Å²) in [4.78, 5) is 46.6. The summed E-state index contributed by atoms with van der Waals surface area (Å²) in [6.45, 7) is 5.58. The van der Waals surface area contributed by atoms with Crippen molar-refractivity contribution in [3.05, 3.63) is 0 Å². The Balaban J connectivity index is 4.36. The highest BCUT2D eigenvalue weighted by atomic mass is 16.4. The standard InChI is InChI=1S/C17H30N2O6/c1-11(2)7-5-6-8-14(22)19-12(10-20)15(23)18-9-13(21)17(3,4)16(24)25/h11-12,20H,5-10H2,1-4H3,(H,18,23)(H,19,22)(H,24,25). The fraction of sp³-hybridized carbons (Fsp3) is 0.765. The van der Waals surface area contributed by atoms with E-state index in [2.05, 4.69) is 24.5 Å². The average Bonchev–Trinajstić information content (AvgIpc) is 2.53. The van der Waals surface area contributed by atoms with Crippen molar-refractivity contribution in [2.75, 3.05) is 13.2 Å². The van der Waals surface area contributed by atoms with E-state index in [1.54, 1.807) is 0 Å². The smallest absolute Gasteiger partial charge is 0.316 e. The molecule has 0 aliphatic rings. The minimum Gasteiger partial charge on any atom is -0.481 e. The van der Waals surface area contributed by atoms with Crippen LogP contribution in [0.1, 0.15) is 53.4 Å². The molecule has 0 heterocycles. The van der Waals surface area contributed by atoms with Gasteiger partial charge in [-0.2, -0.15) is 0 Å². The predicted octanol–water partition coefficient (Wildman–Crippen LogP) is 0.476. The Morgan fingerprint density at radius 2 is 1.68 bits per heavy atom. The highest BCUT2D eigenvalue weighted by molar-refractivity contribution is 6.04. The number of hydrogen-bond donors (Lipinski definition) is 4. The van der Waals surface area contributed by atoms with Crippen LogP contribution < -0.4 is 10.6 Å². The normalized spacial score (nSPS) is 12.6. The van der Waals surface area contributed by atoms with Crippen molar-refractivity contribution in [1.82, 2.24) is 10.6 Å².